The van der Waals surface area contributed by atoms with E-state index in [1.807, 2.05) is 60.8 Å². The first-order valence-corrected chi connectivity index (χ1v) is 13.2. The molecule has 206 valence electrons. The van der Waals surface area contributed by atoms with Crippen molar-refractivity contribution in [3.8, 4) is 39.7 Å². The van der Waals surface area contributed by atoms with Crippen molar-refractivity contribution >= 4 is 11.2 Å². The van der Waals surface area contributed by atoms with E-state index in [9.17, 15) is 9.50 Å². The van der Waals surface area contributed by atoms with Crippen molar-refractivity contribution in [2.45, 2.75) is 32.5 Å². The van der Waals surface area contributed by atoms with Crippen molar-refractivity contribution in [2.75, 3.05) is 7.11 Å². The highest BCUT2D eigenvalue weighted by atomic mass is 19.1. The van der Waals surface area contributed by atoms with Crippen LogP contribution in [0.5, 0.6) is 5.75 Å². The van der Waals surface area contributed by atoms with Crippen LogP contribution < -0.4 is 4.74 Å². The molecule has 0 saturated carbocycles. The van der Waals surface area contributed by atoms with Crippen LogP contribution in [0.1, 0.15) is 19.4 Å². The lowest BCUT2D eigenvalue weighted by Crippen LogP contribution is -2.26. The van der Waals surface area contributed by atoms with E-state index in [0.717, 1.165) is 28.3 Å². The zero-order valence-electron chi connectivity index (χ0n) is 23.0. The average molecular weight is 549 g/mol. The van der Waals surface area contributed by atoms with Gasteiger partial charge in [-0.2, -0.15) is 5.10 Å². The van der Waals surface area contributed by atoms with E-state index in [2.05, 4.69) is 14.5 Å². The Bertz CT molecular complexity index is 1800. The fourth-order valence-electron chi connectivity index (χ4n) is 4.90. The molecule has 8 nitrogen and oxygen atoms in total. The van der Waals surface area contributed by atoms with Gasteiger partial charge in [-0.05, 0) is 55.8 Å². The first-order chi connectivity index (χ1) is 19.8. The number of methoxy groups -OCH3 is 1. The van der Waals surface area contributed by atoms with Crippen molar-refractivity contribution < 1.29 is 14.2 Å². The maximum Gasteiger partial charge on any atom is 0.164 e. The summed E-state index contributed by atoms with van der Waals surface area (Å²) < 4.78 is 22.9. The van der Waals surface area contributed by atoms with E-state index in [0.29, 0.717) is 34.7 Å². The normalized spacial score (nSPS) is 11.7. The second-order valence-corrected chi connectivity index (χ2v) is 10.5. The standard InChI is InChI=1S/C32H29FN6O2/c1-32(2,40)19-38-18-26(27(37-38)22-11-13-24(33)14-12-22)28-29-31(35-20-34-28)39(17-21-9-15-25(41-3)16-10-21)30(36-29)23-7-5-4-6-8-23/h4-16,18,20,40H,17,19H2,1-3H3. The molecule has 0 saturated heterocycles. The maximum atomic E-state index is 13.8. The van der Waals surface area contributed by atoms with Gasteiger partial charge in [0.1, 0.15) is 40.6 Å². The van der Waals surface area contributed by atoms with Crippen molar-refractivity contribution in [1.82, 2.24) is 29.3 Å². The number of hydrogen-bond acceptors (Lipinski definition) is 6. The van der Waals surface area contributed by atoms with Gasteiger partial charge in [0.05, 0.1) is 25.8 Å². The quantitative estimate of drug-likeness (QED) is 0.251. The topological polar surface area (TPSA) is 90.9 Å². The van der Waals surface area contributed by atoms with Crippen LogP contribution in [-0.2, 0) is 13.1 Å². The number of fused-ring (bicyclic) bond motifs is 1. The molecule has 3 aromatic heterocycles. The molecule has 0 aliphatic rings. The van der Waals surface area contributed by atoms with E-state index in [1.54, 1.807) is 37.8 Å². The molecule has 3 aromatic carbocycles. The molecule has 9 heteroatoms. The summed E-state index contributed by atoms with van der Waals surface area (Å²) in [4.78, 5) is 14.4. The van der Waals surface area contributed by atoms with Gasteiger partial charge in [0, 0.05) is 22.9 Å². The van der Waals surface area contributed by atoms with Crippen LogP contribution in [0.15, 0.2) is 91.4 Å². The minimum absolute atomic E-state index is 0.261. The fraction of sp³-hybridized carbons (Fsp3) is 0.188. The highest BCUT2D eigenvalue weighted by Crippen LogP contribution is 2.35. The SMILES string of the molecule is COc1ccc(Cn2c(-c3ccccc3)nc3c(-c4cn(CC(C)(C)O)nc4-c4ccc(F)cc4)ncnc32)cc1. The lowest BCUT2D eigenvalue weighted by molar-refractivity contribution is 0.0578. The van der Waals surface area contributed by atoms with Crippen LogP contribution in [0.25, 0.3) is 45.1 Å². The van der Waals surface area contributed by atoms with Gasteiger partial charge in [-0.15, -0.1) is 0 Å². The van der Waals surface area contributed by atoms with Gasteiger partial charge in [-0.25, -0.2) is 19.3 Å². The largest absolute Gasteiger partial charge is 0.497 e. The van der Waals surface area contributed by atoms with Crippen LogP contribution in [0.3, 0.4) is 0 Å². The molecule has 1 N–H and O–H groups in total. The number of aliphatic hydroxyl groups is 1. The van der Waals surface area contributed by atoms with Crippen molar-refractivity contribution in [3.05, 3.63) is 103 Å². The molecular weight excluding hydrogens is 519 g/mol. The lowest BCUT2D eigenvalue weighted by atomic mass is 10.1. The molecule has 0 spiro atoms. The van der Waals surface area contributed by atoms with Crippen molar-refractivity contribution in [2.24, 2.45) is 0 Å². The third kappa shape index (κ3) is 5.44. The summed E-state index contributed by atoms with van der Waals surface area (Å²) in [6, 6.07) is 24.1. The highest BCUT2D eigenvalue weighted by Gasteiger charge is 2.24. The minimum atomic E-state index is -0.995. The predicted molar refractivity (Wildman–Crippen MR) is 156 cm³/mol. The minimum Gasteiger partial charge on any atom is -0.497 e. The van der Waals surface area contributed by atoms with Crippen LogP contribution in [0.4, 0.5) is 4.39 Å². The number of hydrogen-bond donors (Lipinski definition) is 1. The number of imidazole rings is 1. The molecule has 0 unspecified atom stereocenters. The second kappa shape index (κ2) is 10.6. The number of nitrogens with zero attached hydrogens (tertiary/aromatic N) is 6. The first-order valence-electron chi connectivity index (χ1n) is 13.2. The second-order valence-electron chi connectivity index (χ2n) is 10.5. The smallest absolute Gasteiger partial charge is 0.164 e. The van der Waals surface area contributed by atoms with Crippen LogP contribution in [0, 0.1) is 5.82 Å². The third-order valence-electron chi connectivity index (χ3n) is 6.75. The summed E-state index contributed by atoms with van der Waals surface area (Å²) in [6.45, 7) is 4.24. The highest BCUT2D eigenvalue weighted by molar-refractivity contribution is 5.94. The molecule has 0 atom stereocenters. The molecule has 6 rings (SSSR count). The zero-order valence-corrected chi connectivity index (χ0v) is 23.0. The monoisotopic (exact) mass is 548 g/mol. The number of aromatic nitrogens is 6. The molecule has 0 amide bonds. The number of halogens is 1. The molecule has 0 radical (unpaired) electrons. The van der Waals surface area contributed by atoms with Crippen LogP contribution in [-0.4, -0.2) is 47.1 Å². The summed E-state index contributed by atoms with van der Waals surface area (Å²) in [5.74, 6) is 1.21. The van der Waals surface area contributed by atoms with E-state index in [1.165, 1.54) is 18.5 Å². The van der Waals surface area contributed by atoms with Gasteiger partial charge in [-0.1, -0.05) is 42.5 Å². The Hall–Kier alpha value is -4.89. The molecule has 0 bridgehead atoms. The van der Waals surface area contributed by atoms with Gasteiger partial charge >= 0.3 is 0 Å². The number of benzene rings is 3. The molecule has 0 aliphatic heterocycles. The maximum absolute atomic E-state index is 13.8. The summed E-state index contributed by atoms with van der Waals surface area (Å²) in [5.41, 5.74) is 4.95. The lowest BCUT2D eigenvalue weighted by Gasteiger charge is -2.16. The van der Waals surface area contributed by atoms with Crippen molar-refractivity contribution in [3.63, 3.8) is 0 Å². The Morgan fingerprint density at radius 2 is 1.61 bits per heavy atom. The summed E-state index contributed by atoms with van der Waals surface area (Å²) in [7, 11) is 1.65. The Morgan fingerprint density at radius 1 is 0.878 bits per heavy atom. The number of rotatable bonds is 8. The van der Waals surface area contributed by atoms with Crippen molar-refractivity contribution in [1.29, 1.82) is 0 Å². The van der Waals surface area contributed by atoms with Crippen LogP contribution >= 0.6 is 0 Å². The Labute approximate surface area is 236 Å². The van der Waals surface area contributed by atoms with E-state index in [4.69, 9.17) is 14.8 Å². The van der Waals surface area contributed by atoms with Gasteiger partial charge < -0.3 is 14.4 Å². The van der Waals surface area contributed by atoms with Gasteiger partial charge in [0.2, 0.25) is 0 Å². The molecule has 41 heavy (non-hydrogen) atoms. The zero-order chi connectivity index (χ0) is 28.6. The van der Waals surface area contributed by atoms with Crippen LogP contribution in [0.2, 0.25) is 0 Å². The predicted octanol–water partition coefficient (Wildman–Crippen LogP) is 5.99. The first kappa shape index (κ1) is 26.3. The average Bonchev–Trinajstić information content (AvgIpc) is 3.55. The van der Waals surface area contributed by atoms with E-state index < -0.39 is 5.60 Å². The Morgan fingerprint density at radius 3 is 2.29 bits per heavy atom. The number of ether oxygens (including phenoxy) is 1. The van der Waals surface area contributed by atoms with Gasteiger partial charge in [-0.3, -0.25) is 4.68 Å². The summed E-state index contributed by atoms with van der Waals surface area (Å²) in [5, 5.41) is 15.3. The fourth-order valence-corrected chi connectivity index (χ4v) is 4.90. The third-order valence-corrected chi connectivity index (χ3v) is 6.75. The van der Waals surface area contributed by atoms with Gasteiger partial charge in [0.15, 0.2) is 5.65 Å². The van der Waals surface area contributed by atoms with E-state index >= 15 is 0 Å². The molecule has 3 heterocycles. The summed E-state index contributed by atoms with van der Waals surface area (Å²) >= 11 is 0. The summed E-state index contributed by atoms with van der Waals surface area (Å²) in [6.07, 6.45) is 3.38. The Balaban J connectivity index is 1.55. The van der Waals surface area contributed by atoms with E-state index in [-0.39, 0.29) is 12.4 Å². The molecule has 6 aromatic rings. The van der Waals surface area contributed by atoms with Gasteiger partial charge in [0.25, 0.3) is 0 Å². The molecular formula is C32H29FN6O2. The Kier molecular flexibility index (Phi) is 6.80. The molecule has 0 aliphatic carbocycles. The molecule has 0 fully saturated rings.